The Labute approximate surface area is 179 Å². The maximum atomic E-state index is 14.6. The largest absolute Gasteiger partial charge is 0.356 e. The molecule has 31 heavy (non-hydrogen) atoms. The second kappa shape index (κ2) is 9.85. The fraction of sp³-hybridized carbons (Fsp3) is 0.391. The molecule has 0 radical (unpaired) electrons. The molecule has 1 saturated heterocycles. The number of likely N-dealkylation sites (tertiary alicyclic amines) is 1. The SMILES string of the molecule is CCCCNC(=O)C1CN(C(=O)c2ccc(F)c(F)c2Nc2ccc(CC)cc2F)C1. The zero-order valence-electron chi connectivity index (χ0n) is 17.6. The lowest BCUT2D eigenvalue weighted by atomic mass is 9.97. The number of halogens is 3. The summed E-state index contributed by atoms with van der Waals surface area (Å²) < 4.78 is 42.8. The van der Waals surface area contributed by atoms with Gasteiger partial charge in [0.05, 0.1) is 22.9 Å². The van der Waals surface area contributed by atoms with E-state index in [4.69, 9.17) is 0 Å². The molecule has 0 unspecified atom stereocenters. The predicted octanol–water partition coefficient (Wildman–Crippen LogP) is 4.40. The smallest absolute Gasteiger partial charge is 0.256 e. The van der Waals surface area contributed by atoms with Crippen molar-refractivity contribution in [3.8, 4) is 0 Å². The first-order valence-electron chi connectivity index (χ1n) is 10.5. The topological polar surface area (TPSA) is 61.4 Å². The van der Waals surface area contributed by atoms with E-state index in [1.807, 2.05) is 13.8 Å². The minimum absolute atomic E-state index is 0.0625. The predicted molar refractivity (Wildman–Crippen MR) is 113 cm³/mol. The summed E-state index contributed by atoms with van der Waals surface area (Å²) in [6.07, 6.45) is 2.46. The molecule has 3 rings (SSSR count). The van der Waals surface area contributed by atoms with Crippen LogP contribution in [0, 0.1) is 23.4 Å². The van der Waals surface area contributed by atoms with E-state index in [1.54, 1.807) is 6.07 Å². The summed E-state index contributed by atoms with van der Waals surface area (Å²) in [6, 6.07) is 6.42. The lowest BCUT2D eigenvalue weighted by Crippen LogP contribution is -2.55. The zero-order chi connectivity index (χ0) is 22.5. The van der Waals surface area contributed by atoms with Crippen molar-refractivity contribution in [2.24, 2.45) is 5.92 Å². The lowest BCUT2D eigenvalue weighted by Gasteiger charge is -2.38. The molecule has 0 atom stereocenters. The number of carbonyl (C=O) groups excluding carboxylic acids is 2. The van der Waals surface area contributed by atoms with Crippen LogP contribution in [0.2, 0.25) is 0 Å². The summed E-state index contributed by atoms with van der Waals surface area (Å²) in [5, 5.41) is 5.36. The van der Waals surface area contributed by atoms with Crippen molar-refractivity contribution >= 4 is 23.2 Å². The molecule has 2 aromatic rings. The molecular weight excluding hydrogens is 407 g/mol. The minimum Gasteiger partial charge on any atom is -0.356 e. The number of hydrogen-bond acceptors (Lipinski definition) is 3. The van der Waals surface area contributed by atoms with E-state index in [9.17, 15) is 22.8 Å². The van der Waals surface area contributed by atoms with Gasteiger partial charge in [0, 0.05) is 19.6 Å². The number of amides is 2. The Bertz CT molecular complexity index is 975. The van der Waals surface area contributed by atoms with Crippen molar-refractivity contribution < 1.29 is 22.8 Å². The highest BCUT2D eigenvalue weighted by Gasteiger charge is 2.37. The van der Waals surface area contributed by atoms with E-state index in [0.717, 1.165) is 30.5 Å². The van der Waals surface area contributed by atoms with Crippen LogP contribution in [-0.2, 0) is 11.2 Å². The third-order valence-electron chi connectivity index (χ3n) is 5.40. The molecule has 166 valence electrons. The van der Waals surface area contributed by atoms with Crippen molar-refractivity contribution in [3.63, 3.8) is 0 Å². The summed E-state index contributed by atoms with van der Waals surface area (Å²) in [5.74, 6) is -4.06. The number of benzene rings is 2. The maximum absolute atomic E-state index is 14.6. The van der Waals surface area contributed by atoms with Crippen molar-refractivity contribution in [1.29, 1.82) is 0 Å². The second-order valence-electron chi connectivity index (χ2n) is 7.63. The van der Waals surface area contributed by atoms with Gasteiger partial charge in [-0.3, -0.25) is 9.59 Å². The first-order chi connectivity index (χ1) is 14.8. The normalized spacial score (nSPS) is 13.6. The number of rotatable bonds is 8. The van der Waals surface area contributed by atoms with Crippen LogP contribution in [0.25, 0.3) is 0 Å². The third-order valence-corrected chi connectivity index (χ3v) is 5.40. The van der Waals surface area contributed by atoms with Gasteiger partial charge in [0.2, 0.25) is 5.91 Å². The zero-order valence-corrected chi connectivity index (χ0v) is 17.6. The number of aryl methyl sites for hydroxylation is 1. The first-order valence-corrected chi connectivity index (χ1v) is 10.5. The molecule has 0 spiro atoms. The van der Waals surface area contributed by atoms with Crippen LogP contribution in [0.4, 0.5) is 24.5 Å². The van der Waals surface area contributed by atoms with Gasteiger partial charge in [-0.15, -0.1) is 0 Å². The Hall–Kier alpha value is -3.03. The molecule has 8 heteroatoms. The summed E-state index contributed by atoms with van der Waals surface area (Å²) in [4.78, 5) is 26.4. The monoisotopic (exact) mass is 433 g/mol. The van der Waals surface area contributed by atoms with Gasteiger partial charge in [-0.25, -0.2) is 13.2 Å². The van der Waals surface area contributed by atoms with Gasteiger partial charge in [0.25, 0.3) is 5.91 Å². The molecule has 1 fully saturated rings. The highest BCUT2D eigenvalue weighted by Crippen LogP contribution is 2.30. The number of unbranched alkanes of at least 4 members (excludes halogenated alkanes) is 1. The molecule has 0 aliphatic carbocycles. The van der Waals surface area contributed by atoms with Crippen LogP contribution < -0.4 is 10.6 Å². The van der Waals surface area contributed by atoms with Gasteiger partial charge in [0.1, 0.15) is 5.82 Å². The van der Waals surface area contributed by atoms with E-state index >= 15 is 0 Å². The molecular formula is C23H26F3N3O2. The summed E-state index contributed by atoms with van der Waals surface area (Å²) in [7, 11) is 0. The molecule has 0 bridgehead atoms. The Morgan fingerprint density at radius 3 is 2.45 bits per heavy atom. The Morgan fingerprint density at radius 2 is 1.81 bits per heavy atom. The molecule has 2 amide bonds. The average Bonchev–Trinajstić information content (AvgIpc) is 2.71. The number of anilines is 2. The molecule has 5 nitrogen and oxygen atoms in total. The molecule has 1 aliphatic heterocycles. The Morgan fingerprint density at radius 1 is 1.06 bits per heavy atom. The summed E-state index contributed by atoms with van der Waals surface area (Å²) >= 11 is 0. The first kappa shape index (κ1) is 22.7. The van der Waals surface area contributed by atoms with Crippen LogP contribution in [-0.4, -0.2) is 36.3 Å². The number of nitrogens with one attached hydrogen (secondary N) is 2. The fourth-order valence-electron chi connectivity index (χ4n) is 3.38. The van der Waals surface area contributed by atoms with Gasteiger partial charge in [0.15, 0.2) is 11.6 Å². The Balaban J connectivity index is 1.76. The van der Waals surface area contributed by atoms with Gasteiger partial charge in [-0.1, -0.05) is 26.3 Å². The average molecular weight is 433 g/mol. The van der Waals surface area contributed by atoms with Crippen LogP contribution in [0.3, 0.4) is 0 Å². The lowest BCUT2D eigenvalue weighted by molar-refractivity contribution is -0.128. The van der Waals surface area contributed by atoms with Crippen molar-refractivity contribution in [3.05, 3.63) is 58.9 Å². The van der Waals surface area contributed by atoms with Crippen molar-refractivity contribution in [1.82, 2.24) is 10.2 Å². The molecule has 1 heterocycles. The summed E-state index contributed by atoms with van der Waals surface area (Å²) in [5.41, 5.74) is 0.141. The van der Waals surface area contributed by atoms with Gasteiger partial charge >= 0.3 is 0 Å². The summed E-state index contributed by atoms with van der Waals surface area (Å²) in [6.45, 7) is 4.85. The van der Waals surface area contributed by atoms with Crippen LogP contribution in [0.5, 0.6) is 0 Å². The van der Waals surface area contributed by atoms with E-state index in [-0.39, 0.29) is 36.2 Å². The number of carbonyl (C=O) groups is 2. The fourth-order valence-corrected chi connectivity index (χ4v) is 3.38. The highest BCUT2D eigenvalue weighted by molar-refractivity contribution is 6.01. The quantitative estimate of drug-likeness (QED) is 0.607. The highest BCUT2D eigenvalue weighted by atomic mass is 19.2. The molecule has 0 aromatic heterocycles. The van der Waals surface area contributed by atoms with E-state index in [0.29, 0.717) is 13.0 Å². The van der Waals surface area contributed by atoms with Crippen molar-refractivity contribution in [2.45, 2.75) is 33.1 Å². The third kappa shape index (κ3) is 5.00. The maximum Gasteiger partial charge on any atom is 0.256 e. The van der Waals surface area contributed by atoms with Gasteiger partial charge < -0.3 is 15.5 Å². The standard InChI is InChI=1S/C23H26F3N3O2/c1-3-5-10-27-22(30)15-12-29(13-15)23(31)16-7-8-17(24)20(26)21(16)28-19-9-6-14(4-2)11-18(19)25/h6-9,11,15,28H,3-5,10,12-13H2,1-2H3,(H,27,30). The van der Waals surface area contributed by atoms with Crippen LogP contribution >= 0.6 is 0 Å². The van der Waals surface area contributed by atoms with E-state index in [2.05, 4.69) is 10.6 Å². The van der Waals surface area contributed by atoms with Crippen molar-refractivity contribution in [2.75, 3.05) is 25.0 Å². The van der Waals surface area contributed by atoms with E-state index in [1.165, 1.54) is 17.0 Å². The second-order valence-corrected chi connectivity index (χ2v) is 7.63. The van der Waals surface area contributed by atoms with Gasteiger partial charge in [-0.2, -0.15) is 0 Å². The minimum atomic E-state index is -1.26. The number of hydrogen-bond donors (Lipinski definition) is 2. The van der Waals surface area contributed by atoms with Crippen LogP contribution in [0.1, 0.15) is 42.6 Å². The van der Waals surface area contributed by atoms with E-state index < -0.39 is 29.0 Å². The number of nitrogens with zero attached hydrogens (tertiary/aromatic N) is 1. The molecule has 2 N–H and O–H groups in total. The molecule has 0 saturated carbocycles. The Kier molecular flexibility index (Phi) is 7.20. The molecule has 2 aromatic carbocycles. The molecule has 1 aliphatic rings. The van der Waals surface area contributed by atoms with Crippen LogP contribution in [0.15, 0.2) is 30.3 Å². The van der Waals surface area contributed by atoms with Gasteiger partial charge in [-0.05, 0) is 42.7 Å².